The molecule has 2 amide bonds. The van der Waals surface area contributed by atoms with Gasteiger partial charge in [-0.25, -0.2) is 4.79 Å². The first-order valence-electron chi connectivity index (χ1n) is 9.94. The van der Waals surface area contributed by atoms with E-state index >= 15 is 0 Å². The molecular formula is C21H31ClN2O5. The van der Waals surface area contributed by atoms with Gasteiger partial charge in [0.15, 0.2) is 11.5 Å². The molecule has 0 aromatic heterocycles. The van der Waals surface area contributed by atoms with Gasteiger partial charge in [0, 0.05) is 24.7 Å². The lowest BCUT2D eigenvalue weighted by Gasteiger charge is -2.36. The Bertz CT molecular complexity index is 733. The summed E-state index contributed by atoms with van der Waals surface area (Å²) >= 11 is 6.33. The number of ether oxygens (including phenoxy) is 3. The van der Waals surface area contributed by atoms with Crippen LogP contribution in [0.5, 0.6) is 11.5 Å². The predicted molar refractivity (Wildman–Crippen MR) is 112 cm³/mol. The van der Waals surface area contributed by atoms with Crippen molar-refractivity contribution in [1.29, 1.82) is 0 Å². The molecule has 7 nitrogen and oxygen atoms in total. The molecule has 1 aromatic rings. The number of hydrogen-bond acceptors (Lipinski definition) is 5. The summed E-state index contributed by atoms with van der Waals surface area (Å²) in [6.45, 7) is 8.68. The van der Waals surface area contributed by atoms with Crippen LogP contribution in [0.4, 0.5) is 4.79 Å². The van der Waals surface area contributed by atoms with E-state index in [9.17, 15) is 9.59 Å². The maximum absolute atomic E-state index is 13.2. The van der Waals surface area contributed by atoms with Crippen LogP contribution in [0.1, 0.15) is 57.3 Å². The molecule has 1 unspecified atom stereocenters. The van der Waals surface area contributed by atoms with Gasteiger partial charge in [-0.3, -0.25) is 4.79 Å². The molecule has 1 aliphatic rings. The number of carbonyl (C=O) groups excluding carboxylic acids is 2. The van der Waals surface area contributed by atoms with Gasteiger partial charge in [-0.1, -0.05) is 11.6 Å². The van der Waals surface area contributed by atoms with Gasteiger partial charge in [0.05, 0.1) is 18.7 Å². The van der Waals surface area contributed by atoms with Gasteiger partial charge in [-0.15, -0.1) is 0 Å². The fourth-order valence-corrected chi connectivity index (χ4v) is 3.55. The van der Waals surface area contributed by atoms with Gasteiger partial charge >= 0.3 is 6.09 Å². The maximum Gasteiger partial charge on any atom is 0.407 e. The van der Waals surface area contributed by atoms with Crippen molar-refractivity contribution in [3.8, 4) is 11.5 Å². The number of benzene rings is 1. The number of piperidine rings is 1. The predicted octanol–water partition coefficient (Wildman–Crippen LogP) is 4.27. The molecule has 0 bridgehead atoms. The lowest BCUT2D eigenvalue weighted by molar-refractivity contribution is 0.0462. The van der Waals surface area contributed by atoms with Crippen molar-refractivity contribution < 1.29 is 23.8 Å². The standard InChI is InChI=1S/C21H31ClN2O5/c1-6-28-18-16(22)11-14(12-17(18)27-5)19(25)24-10-8-7-9-15(24)13-23-20(26)29-21(2,3)4/h11-12,15H,6-10,13H2,1-5H3,(H,23,26). The molecule has 1 fully saturated rings. The third kappa shape index (κ3) is 6.42. The quantitative estimate of drug-likeness (QED) is 0.735. The minimum absolute atomic E-state index is 0.111. The summed E-state index contributed by atoms with van der Waals surface area (Å²) in [5, 5.41) is 3.11. The van der Waals surface area contributed by atoms with Crippen LogP contribution >= 0.6 is 11.6 Å². The number of methoxy groups -OCH3 is 1. The molecule has 8 heteroatoms. The summed E-state index contributed by atoms with van der Waals surface area (Å²) in [4.78, 5) is 27.0. The zero-order chi connectivity index (χ0) is 21.6. The molecule has 0 saturated carbocycles. The Hall–Kier alpha value is -2.15. The molecule has 29 heavy (non-hydrogen) atoms. The normalized spacial score (nSPS) is 16.9. The first-order valence-corrected chi connectivity index (χ1v) is 10.3. The third-order valence-corrected chi connectivity index (χ3v) is 4.81. The smallest absolute Gasteiger partial charge is 0.407 e. The summed E-state index contributed by atoms with van der Waals surface area (Å²) in [5.74, 6) is 0.696. The van der Waals surface area contributed by atoms with E-state index in [2.05, 4.69) is 5.32 Å². The van der Waals surface area contributed by atoms with Crippen molar-refractivity contribution in [3.05, 3.63) is 22.7 Å². The van der Waals surface area contributed by atoms with E-state index in [0.29, 0.717) is 41.8 Å². The molecule has 0 radical (unpaired) electrons. The SMILES string of the molecule is CCOc1c(Cl)cc(C(=O)N2CCCCC2CNC(=O)OC(C)(C)C)cc1OC. The van der Waals surface area contributed by atoms with Gasteiger partial charge in [0.2, 0.25) is 0 Å². The summed E-state index contributed by atoms with van der Waals surface area (Å²) in [5.41, 5.74) is -0.138. The van der Waals surface area contributed by atoms with E-state index in [4.69, 9.17) is 25.8 Å². The Morgan fingerprint density at radius 2 is 2.00 bits per heavy atom. The highest BCUT2D eigenvalue weighted by molar-refractivity contribution is 6.32. The largest absolute Gasteiger partial charge is 0.493 e. The fourth-order valence-electron chi connectivity index (χ4n) is 3.29. The number of carbonyl (C=O) groups is 2. The van der Waals surface area contributed by atoms with E-state index in [1.165, 1.54) is 7.11 Å². The molecule has 1 aliphatic heterocycles. The van der Waals surface area contributed by atoms with Gasteiger partial charge in [0.25, 0.3) is 5.91 Å². The van der Waals surface area contributed by atoms with E-state index in [1.54, 1.807) is 17.0 Å². The number of halogens is 1. The molecule has 1 atom stereocenters. The van der Waals surface area contributed by atoms with Crippen molar-refractivity contribution in [2.45, 2.75) is 58.6 Å². The third-order valence-electron chi connectivity index (χ3n) is 4.53. The highest BCUT2D eigenvalue weighted by atomic mass is 35.5. The zero-order valence-corrected chi connectivity index (χ0v) is 18.6. The first-order chi connectivity index (χ1) is 13.7. The number of hydrogen-bond donors (Lipinski definition) is 1. The summed E-state index contributed by atoms with van der Waals surface area (Å²) < 4.78 is 16.2. The molecule has 2 rings (SSSR count). The number of nitrogens with zero attached hydrogens (tertiary/aromatic N) is 1. The van der Waals surface area contributed by atoms with Gasteiger partial charge in [-0.05, 0) is 59.1 Å². The molecule has 162 valence electrons. The van der Waals surface area contributed by atoms with Crippen LogP contribution in [-0.2, 0) is 4.74 Å². The Kier molecular flexibility index (Phi) is 8.02. The van der Waals surface area contributed by atoms with Gasteiger partial charge < -0.3 is 24.4 Å². The van der Waals surface area contributed by atoms with Crippen LogP contribution in [0.2, 0.25) is 5.02 Å². The zero-order valence-electron chi connectivity index (χ0n) is 17.8. The summed E-state index contributed by atoms with van der Waals surface area (Å²) in [6, 6.07) is 3.14. The first kappa shape index (κ1) is 23.1. The Morgan fingerprint density at radius 1 is 1.28 bits per heavy atom. The van der Waals surface area contributed by atoms with Crippen molar-refractivity contribution >= 4 is 23.6 Å². The number of nitrogens with one attached hydrogen (secondary N) is 1. The average molecular weight is 427 g/mol. The van der Waals surface area contributed by atoms with Crippen LogP contribution in [0.3, 0.4) is 0 Å². The lowest BCUT2D eigenvalue weighted by atomic mass is 10.0. The Morgan fingerprint density at radius 3 is 2.62 bits per heavy atom. The van der Waals surface area contributed by atoms with Gasteiger partial charge in [0.1, 0.15) is 5.60 Å². The summed E-state index contributed by atoms with van der Waals surface area (Å²) in [6.07, 6.45) is 2.24. The molecular weight excluding hydrogens is 396 g/mol. The van der Waals surface area contributed by atoms with Crippen LogP contribution in [0, 0.1) is 0 Å². The highest BCUT2D eigenvalue weighted by Crippen LogP contribution is 2.37. The molecule has 1 saturated heterocycles. The summed E-state index contributed by atoms with van der Waals surface area (Å²) in [7, 11) is 1.51. The molecule has 1 heterocycles. The topological polar surface area (TPSA) is 77.1 Å². The molecule has 0 aliphatic carbocycles. The number of likely N-dealkylation sites (tertiary alicyclic amines) is 1. The average Bonchev–Trinajstić information content (AvgIpc) is 2.66. The fraction of sp³-hybridized carbons (Fsp3) is 0.619. The maximum atomic E-state index is 13.2. The van der Waals surface area contributed by atoms with Crippen LogP contribution < -0.4 is 14.8 Å². The van der Waals surface area contributed by atoms with Crippen LogP contribution in [0.25, 0.3) is 0 Å². The number of alkyl carbamates (subject to hydrolysis) is 1. The van der Waals surface area contributed by atoms with Crippen LogP contribution in [-0.4, -0.2) is 55.3 Å². The van der Waals surface area contributed by atoms with Crippen molar-refractivity contribution in [2.75, 3.05) is 26.8 Å². The van der Waals surface area contributed by atoms with E-state index in [0.717, 1.165) is 19.3 Å². The lowest BCUT2D eigenvalue weighted by Crippen LogP contribution is -2.50. The van der Waals surface area contributed by atoms with Crippen molar-refractivity contribution in [1.82, 2.24) is 10.2 Å². The minimum Gasteiger partial charge on any atom is -0.493 e. The van der Waals surface area contributed by atoms with Crippen LogP contribution in [0.15, 0.2) is 12.1 Å². The van der Waals surface area contributed by atoms with E-state index in [1.807, 2.05) is 27.7 Å². The Balaban J connectivity index is 2.15. The van der Waals surface area contributed by atoms with E-state index < -0.39 is 11.7 Å². The second-order valence-corrected chi connectivity index (χ2v) is 8.36. The van der Waals surface area contributed by atoms with Gasteiger partial charge in [-0.2, -0.15) is 0 Å². The molecule has 0 spiro atoms. The second-order valence-electron chi connectivity index (χ2n) is 7.95. The number of rotatable bonds is 6. The monoisotopic (exact) mass is 426 g/mol. The highest BCUT2D eigenvalue weighted by Gasteiger charge is 2.29. The number of amides is 2. The second kappa shape index (κ2) is 10.1. The Labute approximate surface area is 177 Å². The molecule has 1 N–H and O–H groups in total. The van der Waals surface area contributed by atoms with E-state index in [-0.39, 0.29) is 11.9 Å². The minimum atomic E-state index is -0.568. The van der Waals surface area contributed by atoms with Crippen molar-refractivity contribution in [3.63, 3.8) is 0 Å². The molecule has 1 aromatic carbocycles. The van der Waals surface area contributed by atoms with Crippen molar-refractivity contribution in [2.24, 2.45) is 0 Å².